The number of nitrogens with one attached hydrogen (secondary N) is 2. The van der Waals surface area contributed by atoms with E-state index < -0.39 is 46.8 Å². The van der Waals surface area contributed by atoms with Crippen molar-refractivity contribution < 1.29 is 50.8 Å². The average Bonchev–Trinajstić information content (AvgIpc) is 4.05. The Labute approximate surface area is 349 Å². The van der Waals surface area contributed by atoms with E-state index in [1.807, 2.05) is 0 Å². The first kappa shape index (κ1) is 42.4. The summed E-state index contributed by atoms with van der Waals surface area (Å²) in [5.74, 6) is -2.31. The topological polar surface area (TPSA) is 170 Å². The molecule has 59 heavy (non-hydrogen) atoms. The van der Waals surface area contributed by atoms with E-state index in [4.69, 9.17) is 32.7 Å². The summed E-state index contributed by atoms with van der Waals surface area (Å²) in [6.45, 7) is -1.39. The molecule has 3 N–H and O–H groups in total. The van der Waals surface area contributed by atoms with Crippen molar-refractivity contribution in [3.8, 4) is 11.5 Å². The van der Waals surface area contributed by atoms with Crippen molar-refractivity contribution in [1.82, 2.24) is 9.62 Å². The molecule has 13 nitrogen and oxygen atoms in total. The quantitative estimate of drug-likeness (QED) is 0.0563. The molecule has 4 aromatic rings. The lowest BCUT2D eigenvalue weighted by Gasteiger charge is -2.52. The number of aromatic nitrogens is 1. The van der Waals surface area contributed by atoms with Gasteiger partial charge in [0.2, 0.25) is 10.0 Å². The van der Waals surface area contributed by atoms with Crippen LogP contribution in [-0.4, -0.2) is 69.8 Å². The first-order chi connectivity index (χ1) is 28.2. The molecule has 314 valence electrons. The van der Waals surface area contributed by atoms with Crippen molar-refractivity contribution in [1.29, 1.82) is 0 Å². The van der Waals surface area contributed by atoms with Crippen LogP contribution in [-0.2, 0) is 36.3 Å². The Morgan fingerprint density at radius 2 is 1.68 bits per heavy atom. The van der Waals surface area contributed by atoms with Crippen molar-refractivity contribution in [3.63, 3.8) is 0 Å². The first-order valence-electron chi connectivity index (χ1n) is 19.1. The Kier molecular flexibility index (Phi) is 12.8. The van der Waals surface area contributed by atoms with Gasteiger partial charge in [-0.05, 0) is 92.1 Å². The monoisotopic (exact) mass is 874 g/mol. The van der Waals surface area contributed by atoms with Gasteiger partial charge in [0.15, 0.2) is 29.4 Å². The normalized spacial score (nSPS) is 20.4. The Morgan fingerprint density at radius 3 is 2.31 bits per heavy atom. The summed E-state index contributed by atoms with van der Waals surface area (Å²) in [5, 5.41) is 26.1. The summed E-state index contributed by atoms with van der Waals surface area (Å²) in [4.78, 5) is 28.9. The number of alkyl halides is 2. The third-order valence-corrected chi connectivity index (χ3v) is 13.2. The molecule has 1 aromatic heterocycles. The maximum atomic E-state index is 13.7. The number of pyridine rings is 1. The minimum atomic E-state index is -4.40. The number of ether oxygens (including phenoxy) is 3. The summed E-state index contributed by atoms with van der Waals surface area (Å²) < 4.78 is 72.9. The number of carboxylic acid groups (broad SMARTS) is 1. The number of anilines is 1. The third-order valence-electron chi connectivity index (χ3n) is 11.1. The molecular weight excluding hydrogens is 833 g/mol. The van der Waals surface area contributed by atoms with E-state index >= 15 is 0 Å². The lowest BCUT2D eigenvalue weighted by molar-refractivity contribution is -0.605. The first-order valence-corrected chi connectivity index (χ1v) is 21.3. The van der Waals surface area contributed by atoms with Crippen molar-refractivity contribution >= 4 is 50.9 Å². The van der Waals surface area contributed by atoms with Gasteiger partial charge in [0.25, 0.3) is 0 Å². The number of sulfonamides is 1. The van der Waals surface area contributed by atoms with Gasteiger partial charge < -0.3 is 34.7 Å². The highest BCUT2D eigenvalue weighted by atomic mass is 35.5. The number of rotatable bonds is 18. The van der Waals surface area contributed by atoms with Gasteiger partial charge in [-0.15, -0.1) is 0 Å². The molecule has 3 saturated heterocycles. The molecule has 1 saturated carbocycles. The van der Waals surface area contributed by atoms with Crippen LogP contribution in [0.4, 0.5) is 14.5 Å². The predicted octanol–water partition coefficient (Wildman–Crippen LogP) is 6.56. The molecule has 0 amide bonds. The Bertz CT molecular complexity index is 2260. The third kappa shape index (κ3) is 9.84. The minimum Gasteiger partial charge on any atom is -0.619 e. The maximum Gasteiger partial charge on any atom is 0.387 e. The minimum absolute atomic E-state index is 0.0275. The van der Waals surface area contributed by atoms with Crippen LogP contribution in [0.3, 0.4) is 0 Å². The smallest absolute Gasteiger partial charge is 0.387 e. The van der Waals surface area contributed by atoms with Crippen molar-refractivity contribution in [2.45, 2.75) is 55.3 Å². The van der Waals surface area contributed by atoms with Gasteiger partial charge in [0.1, 0.15) is 22.7 Å². The molecule has 2 bridgehead atoms. The van der Waals surface area contributed by atoms with Crippen LogP contribution >= 0.6 is 23.2 Å². The van der Waals surface area contributed by atoms with Crippen LogP contribution in [0.1, 0.15) is 48.5 Å². The number of benzene rings is 3. The zero-order valence-corrected chi connectivity index (χ0v) is 33.9. The van der Waals surface area contributed by atoms with Gasteiger partial charge in [-0.3, -0.25) is 4.79 Å². The summed E-state index contributed by atoms with van der Waals surface area (Å²) in [6.07, 6.45) is 4.22. The molecule has 4 fully saturated rings. The van der Waals surface area contributed by atoms with Gasteiger partial charge in [-0.1, -0.05) is 65.7 Å². The summed E-state index contributed by atoms with van der Waals surface area (Å²) >= 11 is 12.7. The van der Waals surface area contributed by atoms with E-state index in [0.29, 0.717) is 16.8 Å². The number of esters is 1. The number of hydrogen-bond donors (Lipinski definition) is 3. The van der Waals surface area contributed by atoms with E-state index in [2.05, 4.69) is 19.7 Å². The number of carboxylic acids is 1. The van der Waals surface area contributed by atoms with E-state index in [9.17, 15) is 37.1 Å². The van der Waals surface area contributed by atoms with Gasteiger partial charge in [-0.25, -0.2) is 13.2 Å². The number of carbonyl (C=O) groups is 2. The predicted molar refractivity (Wildman–Crippen MR) is 213 cm³/mol. The lowest BCUT2D eigenvalue weighted by atomic mass is 9.65. The Hall–Kier alpha value is -4.74. The Morgan fingerprint density at radius 1 is 0.966 bits per heavy atom. The van der Waals surface area contributed by atoms with Gasteiger partial charge >= 0.3 is 18.6 Å². The zero-order chi connectivity index (χ0) is 41.9. The second-order valence-electron chi connectivity index (χ2n) is 15.0. The molecular formula is C41H42Cl2F2N4O9S. The number of piperidine rings is 3. The van der Waals surface area contributed by atoms with E-state index in [0.717, 1.165) is 51.2 Å². The highest BCUT2D eigenvalue weighted by Crippen LogP contribution is 2.46. The van der Waals surface area contributed by atoms with Crippen LogP contribution in [0.15, 0.2) is 90.1 Å². The Balaban J connectivity index is 1.12. The molecule has 18 heteroatoms. The van der Waals surface area contributed by atoms with Gasteiger partial charge in [-0.2, -0.15) is 18.2 Å². The number of aliphatic carboxylic acids is 1. The molecule has 4 heterocycles. The standard InChI is InChI=1S/C41H42Cl2F2N4O9S/c42-33-22-49(53)23-34(43)31(33)19-36(27-11-12-35(58-40(44)45)37(17-27)56-24-25-9-10-25)57-38(50)20-46-59(54,55)30-8-4-7-29(18-30)47-41(39(51)52,28-5-2-1-3-6-28)32-21-48-15-13-26(32)14-16-48/h1-8,11-12,17-18,22-23,25-26,32,36,40,46-47H,9-10,13-16,19-21,24H2,(H,51,52)/t32-,36-,41?/m0/s1. The lowest BCUT2D eigenvalue weighted by Crippen LogP contribution is -2.60. The van der Waals surface area contributed by atoms with Crippen molar-refractivity contribution in [3.05, 3.63) is 117 Å². The largest absolute Gasteiger partial charge is 0.619 e. The van der Waals surface area contributed by atoms with Crippen LogP contribution in [0.5, 0.6) is 11.5 Å². The number of halogens is 4. The van der Waals surface area contributed by atoms with Gasteiger partial charge in [0, 0.05) is 30.1 Å². The zero-order valence-electron chi connectivity index (χ0n) is 31.6. The second-order valence-corrected chi connectivity index (χ2v) is 17.6. The van der Waals surface area contributed by atoms with E-state index in [-0.39, 0.29) is 74.0 Å². The maximum absolute atomic E-state index is 13.7. The fourth-order valence-corrected chi connectivity index (χ4v) is 9.55. The van der Waals surface area contributed by atoms with Crippen LogP contribution in [0, 0.1) is 23.0 Å². The molecule has 3 aliphatic heterocycles. The molecule has 1 unspecified atom stereocenters. The summed E-state index contributed by atoms with van der Waals surface area (Å²) in [6, 6.07) is 18.5. The highest BCUT2D eigenvalue weighted by molar-refractivity contribution is 7.89. The average molecular weight is 876 g/mol. The second kappa shape index (κ2) is 17.9. The fraction of sp³-hybridized carbons (Fsp3) is 0.390. The number of fused-ring (bicyclic) bond motifs is 3. The SMILES string of the molecule is O=C(CNS(=O)(=O)c1cccc(NC(C(=O)O)(c2ccccc2)[C@H]2CN3CCC2CC3)c1)O[C@@H](Cc1c(Cl)c[n+]([O-])cc1Cl)c1ccc(OC(F)F)c(OCC2CC2)c1. The molecule has 0 spiro atoms. The molecule has 1 aliphatic carbocycles. The molecule has 4 aliphatic rings. The van der Waals surface area contributed by atoms with Crippen LogP contribution < -0.4 is 24.2 Å². The number of hydrogen-bond acceptors (Lipinski definition) is 10. The van der Waals surface area contributed by atoms with Crippen LogP contribution in [0.25, 0.3) is 0 Å². The molecule has 3 atom stereocenters. The van der Waals surface area contributed by atoms with Crippen LogP contribution in [0.2, 0.25) is 10.0 Å². The van der Waals surface area contributed by atoms with Crippen molar-refractivity contribution in [2.24, 2.45) is 17.8 Å². The molecule has 0 radical (unpaired) electrons. The molecule has 8 rings (SSSR count). The molecule has 3 aromatic carbocycles. The van der Waals surface area contributed by atoms with Gasteiger partial charge in [0.05, 0.1) is 11.5 Å². The van der Waals surface area contributed by atoms with Crippen molar-refractivity contribution in [2.75, 3.05) is 38.1 Å². The highest BCUT2D eigenvalue weighted by Gasteiger charge is 2.54. The summed E-state index contributed by atoms with van der Waals surface area (Å²) in [7, 11) is -4.40. The number of carbonyl (C=O) groups excluding carboxylic acids is 1. The fourth-order valence-electron chi connectivity index (χ4n) is 7.94. The van der Waals surface area contributed by atoms with E-state index in [1.54, 1.807) is 36.4 Å². The van der Waals surface area contributed by atoms with E-state index in [1.165, 1.54) is 36.4 Å². The summed E-state index contributed by atoms with van der Waals surface area (Å²) in [5.41, 5.74) is -0.319. The number of nitrogens with zero attached hydrogens (tertiary/aromatic N) is 2.